The van der Waals surface area contributed by atoms with Gasteiger partial charge in [0.2, 0.25) is 0 Å². The minimum Gasteiger partial charge on any atom is -0.433 e. The van der Waals surface area contributed by atoms with Gasteiger partial charge in [-0.1, -0.05) is 32.8 Å². The van der Waals surface area contributed by atoms with Gasteiger partial charge in [-0.2, -0.15) is 0 Å². The van der Waals surface area contributed by atoms with Crippen LogP contribution >= 0.6 is 0 Å². The smallest absolute Gasteiger partial charge is 0.335 e. The number of hydrogen-bond donors (Lipinski definition) is 1. The summed E-state index contributed by atoms with van der Waals surface area (Å²) >= 11 is 0. The molecule has 0 spiro atoms. The fraction of sp³-hybridized carbons (Fsp3) is 0.727. The lowest BCUT2D eigenvalue weighted by molar-refractivity contribution is -0.159. The van der Waals surface area contributed by atoms with E-state index in [1.807, 2.05) is 0 Å². The van der Waals surface area contributed by atoms with Crippen LogP contribution in [-0.4, -0.2) is 17.4 Å². The van der Waals surface area contributed by atoms with Gasteiger partial charge >= 0.3 is 5.97 Å². The molecule has 1 unspecified atom stereocenters. The van der Waals surface area contributed by atoms with E-state index >= 15 is 0 Å². The largest absolute Gasteiger partial charge is 0.433 e. The lowest BCUT2D eigenvalue weighted by atomic mass is 10.1. The Morgan fingerprint density at radius 1 is 1.43 bits per heavy atom. The molecule has 0 aliphatic rings. The first-order chi connectivity index (χ1) is 6.57. The third-order valence-corrected chi connectivity index (χ3v) is 1.90. The van der Waals surface area contributed by atoms with Crippen molar-refractivity contribution in [2.45, 2.75) is 52.2 Å². The zero-order valence-electron chi connectivity index (χ0n) is 9.08. The van der Waals surface area contributed by atoms with Crippen LogP contribution in [0.5, 0.6) is 0 Å². The number of unbranched alkanes of at least 4 members (excludes halogenated alkanes) is 3. The minimum absolute atomic E-state index is 0.446. The van der Waals surface area contributed by atoms with Crippen LogP contribution in [0.1, 0.15) is 46.0 Å². The topological polar surface area (TPSA) is 46.5 Å². The number of hydrogen-bond acceptors (Lipinski definition) is 3. The van der Waals surface area contributed by atoms with Gasteiger partial charge in [-0.3, -0.25) is 0 Å². The Labute approximate surface area is 85.8 Å². The lowest BCUT2D eigenvalue weighted by Crippen LogP contribution is -2.15. The number of aliphatic hydroxyl groups excluding tert-OH is 1. The summed E-state index contributed by atoms with van der Waals surface area (Å²) in [6.45, 7) is 7.16. The number of esters is 1. The van der Waals surface area contributed by atoms with E-state index < -0.39 is 12.3 Å². The van der Waals surface area contributed by atoms with Crippen LogP contribution in [0, 0.1) is 0 Å². The fourth-order valence-electron chi connectivity index (χ4n) is 1.11. The molecule has 1 N–H and O–H groups in total. The number of ether oxygens (including phenoxy) is 1. The Kier molecular flexibility index (Phi) is 7.11. The summed E-state index contributed by atoms with van der Waals surface area (Å²) in [4.78, 5) is 11.1. The van der Waals surface area contributed by atoms with Crippen LogP contribution < -0.4 is 0 Å². The molecule has 0 amide bonds. The molecule has 0 heterocycles. The molecule has 0 bridgehead atoms. The molecule has 0 radical (unpaired) electrons. The molecule has 0 aromatic heterocycles. The molecule has 1 atom stereocenters. The Morgan fingerprint density at radius 2 is 2.07 bits per heavy atom. The Bertz CT molecular complexity index is 185. The summed E-state index contributed by atoms with van der Waals surface area (Å²) in [5.41, 5.74) is 0.446. The van der Waals surface area contributed by atoms with Gasteiger partial charge in [0.15, 0.2) is 6.29 Å². The van der Waals surface area contributed by atoms with Gasteiger partial charge in [0.1, 0.15) is 0 Å². The first-order valence-electron chi connectivity index (χ1n) is 5.14. The summed E-state index contributed by atoms with van der Waals surface area (Å²) in [5, 5.41) is 8.80. The first-order valence-corrected chi connectivity index (χ1v) is 5.14. The normalized spacial score (nSPS) is 12.2. The second-order valence-electron chi connectivity index (χ2n) is 3.42. The molecule has 0 aromatic rings. The van der Waals surface area contributed by atoms with Gasteiger partial charge in [-0.05, 0) is 19.8 Å². The molecule has 0 saturated heterocycles. The van der Waals surface area contributed by atoms with Gasteiger partial charge in [-0.15, -0.1) is 0 Å². The first kappa shape index (κ1) is 13.2. The summed E-state index contributed by atoms with van der Waals surface area (Å²) in [6.07, 6.45) is 4.03. The molecule has 3 heteroatoms. The second-order valence-corrected chi connectivity index (χ2v) is 3.42. The number of rotatable bonds is 7. The van der Waals surface area contributed by atoms with Crippen molar-refractivity contribution in [3.63, 3.8) is 0 Å². The lowest BCUT2D eigenvalue weighted by Gasteiger charge is -2.08. The average Bonchev–Trinajstić information content (AvgIpc) is 2.11. The fourth-order valence-corrected chi connectivity index (χ4v) is 1.11. The molecule has 0 fully saturated rings. The predicted octanol–water partition coefficient (Wildman–Crippen LogP) is 2.39. The van der Waals surface area contributed by atoms with Gasteiger partial charge in [-0.25, -0.2) is 4.79 Å². The standard InChI is InChI=1S/C11H20O3/c1-4-5-6-7-8-9(2)11(13)14-10(3)12/h10,12H,2,4-8H2,1,3H3. The van der Waals surface area contributed by atoms with Crippen molar-refractivity contribution >= 4 is 5.97 Å². The van der Waals surface area contributed by atoms with Crippen molar-refractivity contribution in [2.75, 3.05) is 0 Å². The van der Waals surface area contributed by atoms with E-state index in [1.165, 1.54) is 19.8 Å². The van der Waals surface area contributed by atoms with Crippen LogP contribution in [0.25, 0.3) is 0 Å². The maximum atomic E-state index is 11.1. The van der Waals surface area contributed by atoms with Crippen molar-refractivity contribution in [2.24, 2.45) is 0 Å². The summed E-state index contributed by atoms with van der Waals surface area (Å²) in [6, 6.07) is 0. The zero-order chi connectivity index (χ0) is 11.0. The van der Waals surface area contributed by atoms with E-state index in [0.29, 0.717) is 12.0 Å². The van der Waals surface area contributed by atoms with Crippen molar-refractivity contribution < 1.29 is 14.6 Å². The van der Waals surface area contributed by atoms with Crippen LogP contribution in [-0.2, 0) is 9.53 Å². The Hall–Kier alpha value is -0.830. The average molecular weight is 200 g/mol. The van der Waals surface area contributed by atoms with Gasteiger partial charge in [0.05, 0.1) is 0 Å². The van der Waals surface area contributed by atoms with Gasteiger partial charge < -0.3 is 9.84 Å². The molecule has 0 aliphatic carbocycles. The van der Waals surface area contributed by atoms with Crippen LogP contribution in [0.2, 0.25) is 0 Å². The molecule has 3 nitrogen and oxygen atoms in total. The highest BCUT2D eigenvalue weighted by Gasteiger charge is 2.10. The summed E-state index contributed by atoms with van der Waals surface area (Å²) in [7, 11) is 0. The van der Waals surface area contributed by atoms with Crippen molar-refractivity contribution in [3.05, 3.63) is 12.2 Å². The van der Waals surface area contributed by atoms with Crippen LogP contribution in [0.15, 0.2) is 12.2 Å². The van der Waals surface area contributed by atoms with Crippen molar-refractivity contribution in [1.82, 2.24) is 0 Å². The third kappa shape index (κ3) is 6.66. The van der Waals surface area contributed by atoms with E-state index in [-0.39, 0.29) is 0 Å². The van der Waals surface area contributed by atoms with E-state index in [4.69, 9.17) is 5.11 Å². The number of carbonyl (C=O) groups excluding carboxylic acids is 1. The van der Waals surface area contributed by atoms with Crippen LogP contribution in [0.3, 0.4) is 0 Å². The molecular weight excluding hydrogens is 180 g/mol. The van der Waals surface area contributed by atoms with E-state index in [0.717, 1.165) is 12.8 Å². The molecular formula is C11H20O3. The van der Waals surface area contributed by atoms with Gasteiger partial charge in [0, 0.05) is 5.57 Å². The summed E-state index contributed by atoms with van der Waals surface area (Å²) < 4.78 is 4.59. The second kappa shape index (κ2) is 7.56. The Balaban J connectivity index is 3.58. The highest BCUT2D eigenvalue weighted by molar-refractivity contribution is 5.87. The summed E-state index contributed by atoms with van der Waals surface area (Å²) in [5.74, 6) is -0.489. The van der Waals surface area contributed by atoms with Crippen LogP contribution in [0.4, 0.5) is 0 Å². The highest BCUT2D eigenvalue weighted by Crippen LogP contribution is 2.10. The monoisotopic (exact) mass is 200 g/mol. The molecule has 0 saturated carbocycles. The molecule has 0 aliphatic heterocycles. The maximum absolute atomic E-state index is 11.1. The zero-order valence-corrected chi connectivity index (χ0v) is 9.08. The highest BCUT2D eigenvalue weighted by atomic mass is 16.6. The molecule has 0 aromatic carbocycles. The molecule has 82 valence electrons. The quantitative estimate of drug-likeness (QED) is 0.297. The van der Waals surface area contributed by atoms with E-state index in [9.17, 15) is 4.79 Å². The van der Waals surface area contributed by atoms with E-state index in [2.05, 4.69) is 18.2 Å². The van der Waals surface area contributed by atoms with Crippen molar-refractivity contribution in [3.8, 4) is 0 Å². The maximum Gasteiger partial charge on any atom is 0.335 e. The third-order valence-electron chi connectivity index (χ3n) is 1.90. The number of carbonyl (C=O) groups is 1. The molecule has 14 heavy (non-hydrogen) atoms. The van der Waals surface area contributed by atoms with E-state index in [1.54, 1.807) is 0 Å². The van der Waals surface area contributed by atoms with Crippen molar-refractivity contribution in [1.29, 1.82) is 0 Å². The number of aliphatic hydroxyl groups is 1. The van der Waals surface area contributed by atoms with Gasteiger partial charge in [0.25, 0.3) is 0 Å². The molecule has 0 rings (SSSR count). The SMILES string of the molecule is C=C(CCCCCC)C(=O)OC(C)O. The predicted molar refractivity (Wildman–Crippen MR) is 55.7 cm³/mol. The Morgan fingerprint density at radius 3 is 2.57 bits per heavy atom. The minimum atomic E-state index is -1.05.